The summed E-state index contributed by atoms with van der Waals surface area (Å²) < 4.78 is 10.3. The SMILES string of the molecule is COc1cc(OC)nc(SC(C(=O)N(N)C(C)C)C(C)(C)C)n1. The molecule has 23 heavy (non-hydrogen) atoms. The van der Waals surface area contributed by atoms with E-state index in [0.717, 1.165) is 0 Å². The first-order valence-electron chi connectivity index (χ1n) is 7.31. The molecule has 130 valence electrons. The minimum absolute atomic E-state index is 0.0892. The molecular formula is C15H26N4O3S. The number of carbonyl (C=O) groups is 1. The van der Waals surface area contributed by atoms with Gasteiger partial charge in [0.1, 0.15) is 0 Å². The summed E-state index contributed by atoms with van der Waals surface area (Å²) in [6.07, 6.45) is 0. The summed E-state index contributed by atoms with van der Waals surface area (Å²) in [5, 5.41) is 1.22. The Morgan fingerprint density at radius 3 is 2.04 bits per heavy atom. The molecule has 1 amide bonds. The normalized spacial score (nSPS) is 12.9. The van der Waals surface area contributed by atoms with E-state index >= 15 is 0 Å². The van der Waals surface area contributed by atoms with E-state index in [2.05, 4.69) is 9.97 Å². The Hall–Kier alpha value is -1.54. The molecule has 0 saturated carbocycles. The minimum Gasteiger partial charge on any atom is -0.481 e. The van der Waals surface area contributed by atoms with Gasteiger partial charge in [0, 0.05) is 6.04 Å². The van der Waals surface area contributed by atoms with Crippen LogP contribution in [0.5, 0.6) is 11.8 Å². The Kier molecular flexibility index (Phi) is 6.64. The lowest BCUT2D eigenvalue weighted by atomic mass is 9.91. The molecule has 0 aliphatic rings. The lowest BCUT2D eigenvalue weighted by molar-refractivity contribution is -0.134. The summed E-state index contributed by atoms with van der Waals surface area (Å²) in [5.41, 5.74) is -0.325. The minimum atomic E-state index is -0.438. The van der Waals surface area contributed by atoms with Crippen molar-refractivity contribution < 1.29 is 14.3 Å². The van der Waals surface area contributed by atoms with Gasteiger partial charge >= 0.3 is 0 Å². The Bertz CT molecular complexity index is 524. The quantitative estimate of drug-likeness (QED) is 0.278. The number of methoxy groups -OCH3 is 2. The van der Waals surface area contributed by atoms with Gasteiger partial charge in [-0.1, -0.05) is 32.5 Å². The van der Waals surface area contributed by atoms with Crippen LogP contribution in [0.2, 0.25) is 0 Å². The lowest BCUT2D eigenvalue weighted by Crippen LogP contribution is -2.50. The maximum Gasteiger partial charge on any atom is 0.250 e. The monoisotopic (exact) mass is 342 g/mol. The van der Waals surface area contributed by atoms with E-state index in [1.165, 1.54) is 31.0 Å². The first kappa shape index (κ1) is 19.5. The zero-order valence-electron chi connectivity index (χ0n) is 14.8. The molecule has 0 aromatic carbocycles. The standard InChI is InChI=1S/C15H26N4O3S/c1-9(2)19(16)13(20)12(15(3,4)5)23-14-17-10(21-6)8-11(18-14)22-7/h8-9,12H,16H2,1-7H3. The molecule has 0 fully saturated rings. The first-order chi connectivity index (χ1) is 10.6. The fourth-order valence-corrected chi connectivity index (χ4v) is 2.81. The van der Waals surface area contributed by atoms with Crippen LogP contribution in [0, 0.1) is 5.41 Å². The Morgan fingerprint density at radius 2 is 1.70 bits per heavy atom. The van der Waals surface area contributed by atoms with Gasteiger partial charge in [0.2, 0.25) is 11.8 Å². The van der Waals surface area contributed by atoms with Crippen LogP contribution >= 0.6 is 11.8 Å². The highest BCUT2D eigenvalue weighted by Gasteiger charge is 2.36. The van der Waals surface area contributed by atoms with Crippen LogP contribution in [-0.2, 0) is 4.79 Å². The van der Waals surface area contributed by atoms with Gasteiger partial charge in [0.25, 0.3) is 5.91 Å². The van der Waals surface area contributed by atoms with E-state index < -0.39 is 5.25 Å². The second-order valence-electron chi connectivity index (χ2n) is 6.44. The summed E-state index contributed by atoms with van der Waals surface area (Å²) in [5.74, 6) is 6.50. The summed E-state index contributed by atoms with van der Waals surface area (Å²) in [6, 6.07) is 1.50. The topological polar surface area (TPSA) is 90.6 Å². The molecule has 8 heteroatoms. The number of nitrogens with two attached hydrogens (primary N) is 1. The molecule has 1 aromatic heterocycles. The number of rotatable bonds is 6. The van der Waals surface area contributed by atoms with Crippen molar-refractivity contribution in [3.63, 3.8) is 0 Å². The van der Waals surface area contributed by atoms with Crippen LogP contribution in [0.25, 0.3) is 0 Å². The highest BCUT2D eigenvalue weighted by atomic mass is 32.2. The van der Waals surface area contributed by atoms with Gasteiger partial charge in [-0.05, 0) is 19.3 Å². The van der Waals surface area contributed by atoms with Gasteiger partial charge in [-0.25, -0.2) is 5.84 Å². The van der Waals surface area contributed by atoms with Crippen molar-refractivity contribution >= 4 is 17.7 Å². The van der Waals surface area contributed by atoms with Crippen molar-refractivity contribution in [1.29, 1.82) is 0 Å². The van der Waals surface area contributed by atoms with Crippen LogP contribution in [0.1, 0.15) is 34.6 Å². The number of nitrogens with zero attached hydrogens (tertiary/aromatic N) is 3. The van der Waals surface area contributed by atoms with Crippen molar-refractivity contribution in [3.8, 4) is 11.8 Å². The molecule has 0 saturated heterocycles. The van der Waals surface area contributed by atoms with E-state index in [0.29, 0.717) is 16.9 Å². The molecule has 0 spiro atoms. The third kappa shape index (κ3) is 5.24. The van der Waals surface area contributed by atoms with Crippen LogP contribution in [0.15, 0.2) is 11.2 Å². The predicted molar refractivity (Wildman–Crippen MR) is 90.4 cm³/mol. The van der Waals surface area contributed by atoms with Crippen molar-refractivity contribution in [2.24, 2.45) is 11.3 Å². The fraction of sp³-hybridized carbons (Fsp3) is 0.667. The number of hydrazine groups is 1. The number of carbonyl (C=O) groups excluding carboxylic acids is 1. The van der Waals surface area contributed by atoms with Crippen molar-refractivity contribution in [2.45, 2.75) is 51.1 Å². The summed E-state index contributed by atoms with van der Waals surface area (Å²) in [4.78, 5) is 21.3. The number of ether oxygens (including phenoxy) is 2. The van der Waals surface area contributed by atoms with E-state index in [9.17, 15) is 4.79 Å². The molecule has 7 nitrogen and oxygen atoms in total. The predicted octanol–water partition coefficient (Wildman–Crippen LogP) is 2.11. The maximum atomic E-state index is 12.7. The van der Waals surface area contributed by atoms with Gasteiger partial charge in [-0.2, -0.15) is 9.97 Å². The van der Waals surface area contributed by atoms with E-state index in [1.54, 1.807) is 6.07 Å². The number of aromatic nitrogens is 2. The molecule has 0 radical (unpaired) electrons. The molecule has 1 heterocycles. The molecule has 0 aliphatic heterocycles. The Balaban J connectivity index is 3.14. The fourth-order valence-electron chi connectivity index (χ4n) is 1.74. The number of hydrogen-bond donors (Lipinski definition) is 1. The molecule has 0 bridgehead atoms. The molecular weight excluding hydrogens is 316 g/mol. The third-order valence-corrected chi connectivity index (χ3v) is 4.66. The van der Waals surface area contributed by atoms with Crippen molar-refractivity contribution in [1.82, 2.24) is 15.0 Å². The van der Waals surface area contributed by atoms with Crippen LogP contribution in [0.3, 0.4) is 0 Å². The van der Waals surface area contributed by atoms with Crippen molar-refractivity contribution in [2.75, 3.05) is 14.2 Å². The molecule has 1 atom stereocenters. The van der Waals surface area contributed by atoms with Crippen LogP contribution < -0.4 is 15.3 Å². The smallest absolute Gasteiger partial charge is 0.250 e. The van der Waals surface area contributed by atoms with E-state index in [4.69, 9.17) is 15.3 Å². The highest BCUT2D eigenvalue weighted by Crippen LogP contribution is 2.36. The summed E-state index contributed by atoms with van der Waals surface area (Å²) in [6.45, 7) is 9.68. The number of amides is 1. The number of thioether (sulfide) groups is 1. The summed E-state index contributed by atoms with van der Waals surface area (Å²) in [7, 11) is 3.03. The lowest BCUT2D eigenvalue weighted by Gasteiger charge is -2.33. The molecule has 1 rings (SSSR count). The van der Waals surface area contributed by atoms with Crippen LogP contribution in [0.4, 0.5) is 0 Å². The zero-order chi connectivity index (χ0) is 17.8. The second-order valence-corrected chi connectivity index (χ2v) is 7.51. The van der Waals surface area contributed by atoms with Gasteiger partial charge in [0.15, 0.2) is 5.16 Å². The number of hydrogen-bond acceptors (Lipinski definition) is 7. The third-order valence-electron chi connectivity index (χ3n) is 3.12. The Morgan fingerprint density at radius 1 is 1.22 bits per heavy atom. The molecule has 1 aromatic rings. The van der Waals surface area contributed by atoms with Gasteiger partial charge in [-0.3, -0.25) is 9.80 Å². The average molecular weight is 342 g/mol. The molecule has 1 unspecified atom stereocenters. The molecule has 0 aliphatic carbocycles. The highest BCUT2D eigenvalue weighted by molar-refractivity contribution is 8.00. The zero-order valence-corrected chi connectivity index (χ0v) is 15.6. The first-order valence-corrected chi connectivity index (χ1v) is 8.19. The van der Waals surface area contributed by atoms with Crippen LogP contribution in [-0.4, -0.2) is 46.4 Å². The Labute approximate surface area is 141 Å². The average Bonchev–Trinajstić information content (AvgIpc) is 2.49. The second kappa shape index (κ2) is 7.83. The summed E-state index contributed by atoms with van der Waals surface area (Å²) >= 11 is 1.26. The van der Waals surface area contributed by atoms with Gasteiger partial charge in [0.05, 0.1) is 25.5 Å². The van der Waals surface area contributed by atoms with E-state index in [-0.39, 0.29) is 17.4 Å². The largest absolute Gasteiger partial charge is 0.481 e. The van der Waals surface area contributed by atoms with Gasteiger partial charge in [-0.15, -0.1) is 0 Å². The van der Waals surface area contributed by atoms with E-state index in [1.807, 2.05) is 34.6 Å². The molecule has 2 N–H and O–H groups in total. The maximum absolute atomic E-state index is 12.7. The van der Waals surface area contributed by atoms with Crippen molar-refractivity contribution in [3.05, 3.63) is 6.07 Å². The van der Waals surface area contributed by atoms with Gasteiger partial charge < -0.3 is 9.47 Å².